The molecule has 16 heavy (non-hydrogen) atoms. The van der Waals surface area contributed by atoms with Crippen LogP contribution in [0.1, 0.15) is 46.5 Å². The quantitative estimate of drug-likeness (QED) is 0.744. The largest absolute Gasteiger partial charge is 0.466 e. The minimum Gasteiger partial charge on any atom is -0.466 e. The Kier molecular flexibility index (Phi) is 4.33. The number of esters is 1. The lowest BCUT2D eigenvalue weighted by Crippen LogP contribution is -2.54. The lowest BCUT2D eigenvalue weighted by atomic mass is 9.78. The minimum absolute atomic E-state index is 0.195. The molecule has 0 radical (unpaired) electrons. The summed E-state index contributed by atoms with van der Waals surface area (Å²) in [5.74, 6) is -0.203. The average molecular weight is 229 g/mol. The Morgan fingerprint density at radius 3 is 2.75 bits per heavy atom. The molecular formula is C12H23NO3. The molecule has 94 valence electrons. The van der Waals surface area contributed by atoms with Crippen LogP contribution in [0.25, 0.3) is 0 Å². The Balaban J connectivity index is 2.59. The van der Waals surface area contributed by atoms with Gasteiger partial charge in [-0.1, -0.05) is 6.92 Å². The van der Waals surface area contributed by atoms with Crippen molar-refractivity contribution in [2.24, 2.45) is 5.73 Å². The second-order valence-electron chi connectivity index (χ2n) is 4.92. The van der Waals surface area contributed by atoms with Gasteiger partial charge in [-0.25, -0.2) is 0 Å². The topological polar surface area (TPSA) is 61.5 Å². The highest BCUT2D eigenvalue weighted by atomic mass is 16.5. The van der Waals surface area contributed by atoms with E-state index in [2.05, 4.69) is 13.8 Å². The molecular weight excluding hydrogens is 206 g/mol. The van der Waals surface area contributed by atoms with Gasteiger partial charge in [0.05, 0.1) is 18.6 Å². The van der Waals surface area contributed by atoms with Gasteiger partial charge in [-0.2, -0.15) is 0 Å². The molecule has 1 rings (SSSR count). The van der Waals surface area contributed by atoms with E-state index in [9.17, 15) is 4.79 Å². The Bertz CT molecular complexity index is 257. The van der Waals surface area contributed by atoms with Crippen molar-refractivity contribution in [1.82, 2.24) is 0 Å². The Morgan fingerprint density at radius 1 is 1.50 bits per heavy atom. The number of nitrogens with two attached hydrogens (primary N) is 1. The average Bonchev–Trinajstić information content (AvgIpc) is 2.16. The summed E-state index contributed by atoms with van der Waals surface area (Å²) in [6.07, 6.45) is 2.64. The van der Waals surface area contributed by atoms with E-state index in [0.29, 0.717) is 19.6 Å². The van der Waals surface area contributed by atoms with Crippen molar-refractivity contribution in [3.05, 3.63) is 0 Å². The third-order valence-electron chi connectivity index (χ3n) is 3.33. The summed E-state index contributed by atoms with van der Waals surface area (Å²) in [7, 11) is 0. The summed E-state index contributed by atoms with van der Waals surface area (Å²) in [5.41, 5.74) is 5.60. The zero-order chi connectivity index (χ0) is 12.2. The van der Waals surface area contributed by atoms with Gasteiger partial charge in [0.1, 0.15) is 0 Å². The van der Waals surface area contributed by atoms with Crippen LogP contribution in [0.5, 0.6) is 0 Å². The van der Waals surface area contributed by atoms with Gasteiger partial charge in [0.25, 0.3) is 0 Å². The molecule has 0 aliphatic carbocycles. The normalized spacial score (nSPS) is 34.8. The zero-order valence-electron chi connectivity index (χ0n) is 10.5. The summed E-state index contributed by atoms with van der Waals surface area (Å²) in [6.45, 7) is 6.98. The van der Waals surface area contributed by atoms with Crippen LogP contribution in [0.15, 0.2) is 0 Å². The van der Waals surface area contributed by atoms with E-state index in [1.165, 1.54) is 0 Å². The van der Waals surface area contributed by atoms with Gasteiger partial charge in [0.2, 0.25) is 0 Å². The predicted octanol–water partition coefficient (Wildman–Crippen LogP) is 1.62. The van der Waals surface area contributed by atoms with Crippen molar-refractivity contribution in [3.63, 3.8) is 0 Å². The molecule has 0 spiro atoms. The maximum Gasteiger partial charge on any atom is 0.307 e. The molecule has 0 aromatic heterocycles. The number of ether oxygens (including phenoxy) is 2. The van der Waals surface area contributed by atoms with Crippen LogP contribution < -0.4 is 5.73 Å². The van der Waals surface area contributed by atoms with Crippen molar-refractivity contribution in [2.45, 2.75) is 57.6 Å². The van der Waals surface area contributed by atoms with E-state index in [1.54, 1.807) is 6.92 Å². The summed E-state index contributed by atoms with van der Waals surface area (Å²) in [5, 5.41) is 0. The van der Waals surface area contributed by atoms with Gasteiger partial charge >= 0.3 is 5.97 Å². The van der Waals surface area contributed by atoms with Crippen LogP contribution in [0.4, 0.5) is 0 Å². The Labute approximate surface area is 97.5 Å². The first-order valence-electron chi connectivity index (χ1n) is 6.01. The minimum atomic E-state index is -0.463. The molecule has 0 bridgehead atoms. The Hall–Kier alpha value is -0.610. The molecule has 1 saturated heterocycles. The lowest BCUT2D eigenvalue weighted by molar-refractivity contribution is -0.148. The number of carbonyl (C=O) groups is 1. The van der Waals surface area contributed by atoms with Crippen LogP contribution >= 0.6 is 0 Å². The van der Waals surface area contributed by atoms with Gasteiger partial charge in [-0.15, -0.1) is 0 Å². The molecule has 0 amide bonds. The second-order valence-corrected chi connectivity index (χ2v) is 4.92. The van der Waals surface area contributed by atoms with E-state index >= 15 is 0 Å². The molecule has 4 nitrogen and oxygen atoms in total. The van der Waals surface area contributed by atoms with Crippen LogP contribution in [0.2, 0.25) is 0 Å². The van der Waals surface area contributed by atoms with Crippen LogP contribution in [-0.4, -0.2) is 30.3 Å². The van der Waals surface area contributed by atoms with Gasteiger partial charge in [-0.05, 0) is 33.1 Å². The van der Waals surface area contributed by atoms with Gasteiger partial charge < -0.3 is 15.2 Å². The maximum atomic E-state index is 11.5. The van der Waals surface area contributed by atoms with Crippen molar-refractivity contribution >= 4 is 5.97 Å². The number of hydrogen-bond donors (Lipinski definition) is 1. The fraction of sp³-hybridized carbons (Fsp3) is 0.917. The molecule has 1 aliphatic rings. The van der Waals surface area contributed by atoms with Gasteiger partial charge in [-0.3, -0.25) is 4.79 Å². The van der Waals surface area contributed by atoms with E-state index < -0.39 is 5.54 Å². The first-order valence-corrected chi connectivity index (χ1v) is 6.01. The summed E-state index contributed by atoms with van der Waals surface area (Å²) in [4.78, 5) is 11.5. The van der Waals surface area contributed by atoms with Gasteiger partial charge in [0, 0.05) is 12.1 Å². The number of hydrogen-bond acceptors (Lipinski definition) is 4. The third-order valence-corrected chi connectivity index (χ3v) is 3.33. The Morgan fingerprint density at radius 2 is 2.19 bits per heavy atom. The summed E-state index contributed by atoms with van der Waals surface area (Å²) < 4.78 is 10.7. The highest BCUT2D eigenvalue weighted by Crippen LogP contribution is 2.34. The van der Waals surface area contributed by atoms with Crippen molar-refractivity contribution < 1.29 is 14.3 Å². The predicted molar refractivity (Wildman–Crippen MR) is 62.1 cm³/mol. The van der Waals surface area contributed by atoms with Crippen molar-refractivity contribution in [3.8, 4) is 0 Å². The molecule has 2 unspecified atom stereocenters. The monoisotopic (exact) mass is 229 g/mol. The molecule has 1 aliphatic heterocycles. The summed E-state index contributed by atoms with van der Waals surface area (Å²) >= 11 is 0. The van der Waals surface area contributed by atoms with E-state index in [-0.39, 0.29) is 11.6 Å². The molecule has 0 aromatic carbocycles. The van der Waals surface area contributed by atoms with E-state index in [1.807, 2.05) is 0 Å². The highest BCUT2D eigenvalue weighted by molar-refractivity contribution is 5.70. The lowest BCUT2D eigenvalue weighted by Gasteiger charge is -2.43. The van der Waals surface area contributed by atoms with Crippen molar-refractivity contribution in [1.29, 1.82) is 0 Å². The SMILES string of the molecule is CCOC(=O)CC1(N)CCOC(C)(CC)C1. The molecule has 4 heteroatoms. The molecule has 1 heterocycles. The number of carbonyl (C=O) groups excluding carboxylic acids is 1. The fourth-order valence-corrected chi connectivity index (χ4v) is 2.26. The van der Waals surface area contributed by atoms with Crippen LogP contribution in [0, 0.1) is 0 Å². The van der Waals surface area contributed by atoms with Crippen LogP contribution in [-0.2, 0) is 14.3 Å². The van der Waals surface area contributed by atoms with Crippen LogP contribution in [0.3, 0.4) is 0 Å². The molecule has 2 N–H and O–H groups in total. The smallest absolute Gasteiger partial charge is 0.307 e. The fourth-order valence-electron chi connectivity index (χ4n) is 2.26. The van der Waals surface area contributed by atoms with E-state index in [0.717, 1.165) is 19.3 Å². The van der Waals surface area contributed by atoms with Crippen molar-refractivity contribution in [2.75, 3.05) is 13.2 Å². The first kappa shape index (κ1) is 13.5. The molecule has 1 fully saturated rings. The highest BCUT2D eigenvalue weighted by Gasteiger charge is 2.41. The maximum absolute atomic E-state index is 11.5. The van der Waals surface area contributed by atoms with E-state index in [4.69, 9.17) is 15.2 Å². The summed E-state index contributed by atoms with van der Waals surface area (Å²) in [6, 6.07) is 0. The standard InChI is InChI=1S/C12H23NO3/c1-4-11(3)9-12(13,6-7-16-11)8-10(14)15-5-2/h4-9,13H2,1-3H3. The molecule has 0 saturated carbocycles. The number of rotatable bonds is 4. The van der Waals surface area contributed by atoms with Gasteiger partial charge in [0.15, 0.2) is 0 Å². The molecule has 2 atom stereocenters. The third kappa shape index (κ3) is 3.46. The second kappa shape index (κ2) is 5.15. The molecule has 0 aromatic rings. The zero-order valence-corrected chi connectivity index (χ0v) is 10.5. The first-order chi connectivity index (χ1) is 7.43.